The Morgan fingerprint density at radius 3 is 2.75 bits per heavy atom. The molecular weight excluding hydrogens is 248 g/mol. The van der Waals surface area contributed by atoms with E-state index in [0.717, 1.165) is 5.56 Å². The number of thioether (sulfide) groups is 1. The van der Waals surface area contributed by atoms with Gasteiger partial charge in [-0.05, 0) is 31.7 Å². The number of phenols is 1. The third-order valence-corrected chi connectivity index (χ3v) is 3.48. The second-order valence-corrected chi connectivity index (χ2v) is 4.35. The number of carbonyl (C=O) groups excluding carboxylic acids is 1. The monoisotopic (exact) mass is 260 g/mol. The van der Waals surface area contributed by atoms with Crippen LogP contribution in [0.4, 0.5) is 0 Å². The van der Waals surface area contributed by atoms with Crippen molar-refractivity contribution in [1.82, 2.24) is 0 Å². The summed E-state index contributed by atoms with van der Waals surface area (Å²) >= 11 is 7.39. The van der Waals surface area contributed by atoms with Crippen LogP contribution in [0.5, 0.6) is 5.75 Å². The summed E-state index contributed by atoms with van der Waals surface area (Å²) in [5, 5.41) is 10.2. The third kappa shape index (κ3) is 2.44. The van der Waals surface area contributed by atoms with Gasteiger partial charge in [-0.15, -0.1) is 11.8 Å². The number of hydrogen-bond acceptors (Lipinski definition) is 4. The fourth-order valence-corrected chi connectivity index (χ4v) is 2.45. The predicted molar refractivity (Wildman–Crippen MR) is 65.6 cm³/mol. The molecule has 1 N–H and O–H groups in total. The van der Waals surface area contributed by atoms with Gasteiger partial charge in [0.25, 0.3) is 0 Å². The molecular formula is C11H13ClO3S. The van der Waals surface area contributed by atoms with Crippen molar-refractivity contribution < 1.29 is 14.6 Å². The highest BCUT2D eigenvalue weighted by molar-refractivity contribution is 7.98. The summed E-state index contributed by atoms with van der Waals surface area (Å²) in [5.41, 5.74) is 0.876. The normalized spacial score (nSPS) is 10.2. The van der Waals surface area contributed by atoms with E-state index in [1.165, 1.54) is 17.8 Å². The Kier molecular flexibility index (Phi) is 4.50. The van der Waals surface area contributed by atoms with Crippen molar-refractivity contribution in [2.24, 2.45) is 0 Å². The molecule has 0 aliphatic carbocycles. The zero-order valence-electron chi connectivity index (χ0n) is 9.33. The summed E-state index contributed by atoms with van der Waals surface area (Å²) in [6.07, 6.45) is 1.79. The van der Waals surface area contributed by atoms with Gasteiger partial charge in [0.2, 0.25) is 0 Å². The van der Waals surface area contributed by atoms with Crippen molar-refractivity contribution in [1.29, 1.82) is 0 Å². The third-order valence-electron chi connectivity index (χ3n) is 2.07. The maximum atomic E-state index is 11.7. The molecule has 1 rings (SSSR count). The average Bonchev–Trinajstić information content (AvgIpc) is 2.23. The van der Waals surface area contributed by atoms with E-state index in [0.29, 0.717) is 9.92 Å². The molecule has 0 unspecified atom stereocenters. The predicted octanol–water partition coefficient (Wildman–Crippen LogP) is 3.25. The second kappa shape index (κ2) is 5.46. The number of esters is 1. The Balaban J connectivity index is 3.36. The Morgan fingerprint density at radius 2 is 2.25 bits per heavy atom. The highest BCUT2D eigenvalue weighted by Gasteiger charge is 2.21. The summed E-state index contributed by atoms with van der Waals surface area (Å²) in [6, 6.07) is 1.47. The van der Waals surface area contributed by atoms with Crippen LogP contribution in [0.1, 0.15) is 22.8 Å². The van der Waals surface area contributed by atoms with Gasteiger partial charge in [-0.25, -0.2) is 4.79 Å². The lowest BCUT2D eigenvalue weighted by atomic mass is 10.1. The van der Waals surface area contributed by atoms with Gasteiger partial charge in [0.15, 0.2) is 0 Å². The van der Waals surface area contributed by atoms with Gasteiger partial charge in [0.05, 0.1) is 11.6 Å². The number of hydrogen-bond donors (Lipinski definition) is 1. The number of rotatable bonds is 3. The minimum Gasteiger partial charge on any atom is -0.507 e. The number of carbonyl (C=O) groups is 1. The van der Waals surface area contributed by atoms with Gasteiger partial charge >= 0.3 is 5.97 Å². The van der Waals surface area contributed by atoms with E-state index < -0.39 is 5.97 Å². The zero-order chi connectivity index (χ0) is 12.3. The van der Waals surface area contributed by atoms with Crippen molar-refractivity contribution >= 4 is 29.3 Å². The van der Waals surface area contributed by atoms with E-state index in [1.54, 1.807) is 20.1 Å². The maximum Gasteiger partial charge on any atom is 0.343 e. The lowest BCUT2D eigenvalue weighted by Gasteiger charge is -2.12. The molecule has 0 aromatic heterocycles. The van der Waals surface area contributed by atoms with Crippen LogP contribution in [0.25, 0.3) is 0 Å². The molecule has 1 aromatic rings. The van der Waals surface area contributed by atoms with Gasteiger partial charge in [-0.3, -0.25) is 0 Å². The smallest absolute Gasteiger partial charge is 0.343 e. The first-order chi connectivity index (χ1) is 7.52. The number of benzene rings is 1. The zero-order valence-corrected chi connectivity index (χ0v) is 10.9. The van der Waals surface area contributed by atoms with Crippen LogP contribution in [0.2, 0.25) is 5.02 Å². The maximum absolute atomic E-state index is 11.7. The summed E-state index contributed by atoms with van der Waals surface area (Å²) in [4.78, 5) is 12.2. The van der Waals surface area contributed by atoms with E-state index in [2.05, 4.69) is 0 Å². The second-order valence-electron chi connectivity index (χ2n) is 3.16. The Hall–Kier alpha value is -0.870. The van der Waals surface area contributed by atoms with Crippen LogP contribution in [-0.4, -0.2) is 23.9 Å². The summed E-state index contributed by atoms with van der Waals surface area (Å²) in [6.45, 7) is 3.75. The van der Waals surface area contributed by atoms with Crippen molar-refractivity contribution in [3.8, 4) is 5.75 Å². The van der Waals surface area contributed by atoms with Crippen LogP contribution in [0.15, 0.2) is 11.0 Å². The van der Waals surface area contributed by atoms with Crippen molar-refractivity contribution in [3.05, 3.63) is 22.2 Å². The Morgan fingerprint density at radius 1 is 1.62 bits per heavy atom. The molecule has 88 valence electrons. The molecule has 1 aromatic carbocycles. The van der Waals surface area contributed by atoms with Gasteiger partial charge in [0, 0.05) is 4.90 Å². The lowest BCUT2D eigenvalue weighted by molar-refractivity contribution is 0.0519. The number of aryl methyl sites for hydroxylation is 1. The largest absolute Gasteiger partial charge is 0.507 e. The van der Waals surface area contributed by atoms with Crippen LogP contribution >= 0.6 is 23.4 Å². The number of halogens is 1. The molecule has 16 heavy (non-hydrogen) atoms. The number of phenolic OH excluding ortho intramolecular Hbond substituents is 1. The molecule has 0 spiro atoms. The Labute approximate surface area is 104 Å². The molecule has 0 atom stereocenters. The molecule has 3 nitrogen and oxygen atoms in total. The Bertz CT molecular complexity index is 418. The minimum absolute atomic E-state index is 0.0929. The molecule has 0 bridgehead atoms. The highest BCUT2D eigenvalue weighted by Crippen LogP contribution is 2.37. The van der Waals surface area contributed by atoms with Crippen molar-refractivity contribution in [2.45, 2.75) is 18.7 Å². The molecule has 0 fully saturated rings. The summed E-state index contributed by atoms with van der Waals surface area (Å²) in [5.74, 6) is -0.643. The fourth-order valence-electron chi connectivity index (χ4n) is 1.34. The van der Waals surface area contributed by atoms with E-state index >= 15 is 0 Å². The van der Waals surface area contributed by atoms with E-state index in [9.17, 15) is 9.90 Å². The van der Waals surface area contributed by atoms with Crippen molar-refractivity contribution in [2.75, 3.05) is 12.9 Å². The van der Waals surface area contributed by atoms with E-state index in [4.69, 9.17) is 16.3 Å². The van der Waals surface area contributed by atoms with Crippen LogP contribution < -0.4 is 0 Å². The fraction of sp³-hybridized carbons (Fsp3) is 0.364. The first-order valence-corrected chi connectivity index (χ1v) is 6.36. The first-order valence-electron chi connectivity index (χ1n) is 4.76. The van der Waals surface area contributed by atoms with Gasteiger partial charge in [-0.2, -0.15) is 0 Å². The molecule has 0 saturated carbocycles. The molecule has 0 aliphatic heterocycles. The van der Waals surface area contributed by atoms with Crippen LogP contribution in [0.3, 0.4) is 0 Å². The SMILES string of the molecule is CCOC(=O)c1c(O)cc(C)c(Cl)c1SC. The molecule has 0 radical (unpaired) electrons. The summed E-state index contributed by atoms with van der Waals surface area (Å²) < 4.78 is 4.88. The lowest BCUT2D eigenvalue weighted by Crippen LogP contribution is -2.07. The molecule has 0 aliphatic rings. The van der Waals surface area contributed by atoms with Gasteiger partial charge < -0.3 is 9.84 Å². The topological polar surface area (TPSA) is 46.5 Å². The molecule has 0 amide bonds. The molecule has 0 heterocycles. The van der Waals surface area contributed by atoms with Gasteiger partial charge in [0.1, 0.15) is 11.3 Å². The minimum atomic E-state index is -0.550. The summed E-state index contributed by atoms with van der Waals surface area (Å²) in [7, 11) is 0. The highest BCUT2D eigenvalue weighted by atomic mass is 35.5. The van der Waals surface area contributed by atoms with Crippen LogP contribution in [0, 0.1) is 6.92 Å². The van der Waals surface area contributed by atoms with Crippen molar-refractivity contribution in [3.63, 3.8) is 0 Å². The molecule has 0 saturated heterocycles. The first kappa shape index (κ1) is 13.2. The standard InChI is InChI=1S/C11H13ClO3S/c1-4-15-11(14)8-7(13)5-6(2)9(12)10(8)16-3/h5,13H,4H2,1-3H3. The quantitative estimate of drug-likeness (QED) is 0.669. The van der Waals surface area contributed by atoms with E-state index in [1.807, 2.05) is 0 Å². The molecule has 5 heteroatoms. The van der Waals surface area contributed by atoms with Gasteiger partial charge in [-0.1, -0.05) is 11.6 Å². The number of ether oxygens (including phenoxy) is 1. The van der Waals surface area contributed by atoms with Crippen LogP contribution in [-0.2, 0) is 4.74 Å². The number of aromatic hydroxyl groups is 1. The van der Waals surface area contributed by atoms with E-state index in [-0.39, 0.29) is 17.9 Å². The average molecular weight is 261 g/mol.